The molecule has 6 amide bonds. The van der Waals surface area contributed by atoms with E-state index in [-0.39, 0.29) is 86.8 Å². The zero-order valence-corrected chi connectivity index (χ0v) is 53.2. The number of H-pyrrole nitrogens is 1. The molecule has 5 aromatic rings. The lowest BCUT2D eigenvalue weighted by molar-refractivity contribution is -0.133. The third-order valence-corrected chi connectivity index (χ3v) is 18.1. The fraction of sp³-hybridized carbons (Fsp3) is 0.531. The molecule has 0 radical (unpaired) electrons. The number of nitrogens with zero attached hydrogens (tertiary/aromatic N) is 5. The monoisotopic (exact) mass is 1270 g/mol. The van der Waals surface area contributed by atoms with Crippen molar-refractivity contribution < 1.29 is 55.4 Å². The van der Waals surface area contributed by atoms with Gasteiger partial charge in [-0.2, -0.15) is 0 Å². The van der Waals surface area contributed by atoms with Gasteiger partial charge in [0.15, 0.2) is 0 Å². The summed E-state index contributed by atoms with van der Waals surface area (Å²) in [7, 11) is -3.84. The van der Waals surface area contributed by atoms with Crippen LogP contribution in [0.1, 0.15) is 158 Å². The Kier molecular flexibility index (Phi) is 22.7. The molecular formula is C64H84ClF2N11O10S. The Balaban J connectivity index is 0.838. The first-order chi connectivity index (χ1) is 42.2. The lowest BCUT2D eigenvalue weighted by Crippen LogP contribution is -2.64. The zero-order chi connectivity index (χ0) is 64.1. The normalized spacial score (nSPS) is 17.2. The van der Waals surface area contributed by atoms with E-state index in [1.165, 1.54) is 12.4 Å². The summed E-state index contributed by atoms with van der Waals surface area (Å²) in [6, 6.07) is 17.3. The first-order valence-corrected chi connectivity index (χ1v) is 32.7. The summed E-state index contributed by atoms with van der Waals surface area (Å²) < 4.78 is 69.4. The van der Waals surface area contributed by atoms with Crippen LogP contribution in [0.25, 0.3) is 11.0 Å². The maximum atomic E-state index is 14.8. The summed E-state index contributed by atoms with van der Waals surface area (Å²) in [6.45, 7) is 11.0. The molecule has 3 aliphatic rings. The number of anilines is 1. The molecule has 89 heavy (non-hydrogen) atoms. The molecule has 0 spiro atoms. The zero-order valence-electron chi connectivity index (χ0n) is 51.6. The predicted octanol–water partition coefficient (Wildman–Crippen LogP) is 9.34. The minimum Gasteiger partial charge on any atom is -0.444 e. The largest absolute Gasteiger partial charge is 0.444 e. The number of piperidine rings is 2. The van der Waals surface area contributed by atoms with E-state index in [0.717, 1.165) is 60.1 Å². The third kappa shape index (κ3) is 19.3. The second-order valence-corrected chi connectivity index (χ2v) is 27.8. The van der Waals surface area contributed by atoms with Crippen LogP contribution in [0, 0.1) is 17.6 Å². The molecule has 8 rings (SSSR count). The minimum atomic E-state index is -3.84. The van der Waals surface area contributed by atoms with Crippen molar-refractivity contribution in [3.8, 4) is 0 Å². The van der Waals surface area contributed by atoms with Crippen LogP contribution in [0.4, 0.5) is 24.2 Å². The molecule has 1 unspecified atom stereocenters. The van der Waals surface area contributed by atoms with Crippen LogP contribution in [0.3, 0.4) is 0 Å². The smallest absolute Gasteiger partial charge is 0.411 e. The Morgan fingerprint density at radius 2 is 1.56 bits per heavy atom. The van der Waals surface area contributed by atoms with E-state index < -0.39 is 81.0 Å². The number of aromatic nitrogens is 3. The molecule has 482 valence electrons. The molecule has 3 fully saturated rings. The van der Waals surface area contributed by atoms with E-state index in [4.69, 9.17) is 21.1 Å². The molecule has 3 aromatic carbocycles. The van der Waals surface area contributed by atoms with Crippen LogP contribution in [0.15, 0.2) is 85.3 Å². The number of fused-ring (bicyclic) bond motifs is 1. The molecule has 4 heterocycles. The van der Waals surface area contributed by atoms with Gasteiger partial charge in [-0.3, -0.25) is 24.1 Å². The van der Waals surface area contributed by atoms with Crippen molar-refractivity contribution in [2.75, 3.05) is 56.5 Å². The summed E-state index contributed by atoms with van der Waals surface area (Å²) in [4.78, 5) is 100. The lowest BCUT2D eigenvalue weighted by atomic mass is 9.83. The number of likely N-dealkylation sites (tertiary alicyclic amines) is 1. The molecule has 6 N–H and O–H groups in total. The van der Waals surface area contributed by atoms with Crippen molar-refractivity contribution in [2.24, 2.45) is 5.92 Å². The third-order valence-electron chi connectivity index (χ3n) is 16.3. The van der Waals surface area contributed by atoms with Gasteiger partial charge in [0, 0.05) is 73.6 Å². The standard InChI is InChI=1S/C64H84ClF2N11O10S/c1-62(2,3)87-60(83)75-64(27-33-76(34-28-64)56-50-25-30-68-55(50)70-41-71-56)59(82)73-52(42-19-22-48(65)23-20-42)26-31-72-89(85,86)35-11-10-29-69-58(81)54(43-14-8-7-9-15-43)74-57(80)45-17-12-16-44(36-45)46-18-13-32-77(38-46)53(79)40-78(61(84)88-63(4,5)6)39-47-21-24-49(66)37-51(47)67/h12,16-17,19-25,30,36-37,41,43,46,52,54,72H,7-11,13-15,18,26-29,31-35,38-40H2,1-6H3,(H,69,81)(H,73,82)(H,74,80)(H,75,83)(H,68,70,71)/t46?,52-,54+/m0/s1. The summed E-state index contributed by atoms with van der Waals surface area (Å²) >= 11 is 6.27. The van der Waals surface area contributed by atoms with Gasteiger partial charge in [-0.05, 0) is 153 Å². The van der Waals surface area contributed by atoms with Crippen molar-refractivity contribution >= 4 is 74.3 Å². The van der Waals surface area contributed by atoms with Crippen LogP contribution in [-0.2, 0) is 40.4 Å². The van der Waals surface area contributed by atoms with E-state index in [0.29, 0.717) is 66.5 Å². The van der Waals surface area contributed by atoms with Crippen LogP contribution < -0.4 is 30.9 Å². The van der Waals surface area contributed by atoms with Gasteiger partial charge in [0.1, 0.15) is 58.8 Å². The molecule has 1 saturated carbocycles. The first kappa shape index (κ1) is 67.5. The first-order valence-electron chi connectivity index (χ1n) is 30.7. The number of nitrogens with one attached hydrogen (secondary N) is 6. The van der Waals surface area contributed by atoms with Crippen LogP contribution in [0.2, 0.25) is 5.02 Å². The molecule has 2 saturated heterocycles. The second-order valence-electron chi connectivity index (χ2n) is 25.4. The van der Waals surface area contributed by atoms with Gasteiger partial charge in [-0.15, -0.1) is 0 Å². The van der Waals surface area contributed by atoms with Gasteiger partial charge in [0.2, 0.25) is 27.7 Å². The van der Waals surface area contributed by atoms with Gasteiger partial charge in [-0.25, -0.2) is 41.5 Å². The van der Waals surface area contributed by atoms with Crippen LogP contribution in [0.5, 0.6) is 0 Å². The molecule has 21 nitrogen and oxygen atoms in total. The van der Waals surface area contributed by atoms with Crippen molar-refractivity contribution in [1.82, 2.24) is 50.7 Å². The maximum Gasteiger partial charge on any atom is 0.411 e. The van der Waals surface area contributed by atoms with E-state index in [1.807, 2.05) is 17.0 Å². The van der Waals surface area contributed by atoms with Crippen LogP contribution in [-0.4, -0.2) is 143 Å². The molecule has 0 bridgehead atoms. The maximum absolute atomic E-state index is 14.8. The number of amides is 6. The fourth-order valence-electron chi connectivity index (χ4n) is 11.7. The average molecular weight is 1270 g/mol. The van der Waals surface area contributed by atoms with Gasteiger partial charge in [0.05, 0.1) is 23.7 Å². The van der Waals surface area contributed by atoms with Gasteiger partial charge in [-0.1, -0.05) is 61.2 Å². The van der Waals surface area contributed by atoms with Gasteiger partial charge in [0.25, 0.3) is 5.91 Å². The summed E-state index contributed by atoms with van der Waals surface area (Å²) in [6.07, 6.45) is 8.42. The number of aromatic amines is 1. The Hall–Kier alpha value is -7.44. The number of sulfonamides is 1. The average Bonchev–Trinajstić information content (AvgIpc) is 2.23. The lowest BCUT2D eigenvalue weighted by Gasteiger charge is -2.42. The summed E-state index contributed by atoms with van der Waals surface area (Å²) in [5.41, 5.74) is -0.634. The quantitative estimate of drug-likeness (QED) is 0.0333. The van der Waals surface area contributed by atoms with E-state index in [1.54, 1.807) is 95.1 Å². The molecular weight excluding hydrogens is 1190 g/mol. The minimum absolute atomic E-state index is 0.0216. The topological polar surface area (TPSA) is 266 Å². The highest BCUT2D eigenvalue weighted by atomic mass is 35.5. The van der Waals surface area contributed by atoms with Crippen molar-refractivity contribution in [3.05, 3.63) is 124 Å². The Morgan fingerprint density at radius 1 is 0.831 bits per heavy atom. The number of carbonyl (C=O) groups excluding carboxylic acids is 6. The van der Waals surface area contributed by atoms with Gasteiger partial charge < -0.3 is 45.5 Å². The SMILES string of the molecule is CC(C)(C)OC(=O)NC1(C(=O)N[C@@H](CCNS(=O)(=O)CCCCNC(=O)[C@H](NC(=O)c2cccc(C3CCCN(C(=O)CN(Cc4ccc(F)cc4F)C(=O)OC(C)(C)C)C3)c2)C2CCCCC2)c2ccc(Cl)cc2)CCN(c2ncnc3[nH]ccc23)CC1. The van der Waals surface area contributed by atoms with E-state index in [9.17, 15) is 46.0 Å². The summed E-state index contributed by atoms with van der Waals surface area (Å²) in [5.74, 6) is -3.11. The molecule has 3 atom stereocenters. The highest BCUT2D eigenvalue weighted by molar-refractivity contribution is 7.89. The van der Waals surface area contributed by atoms with Crippen molar-refractivity contribution in [2.45, 2.75) is 160 Å². The summed E-state index contributed by atoms with van der Waals surface area (Å²) in [5, 5.41) is 13.3. The number of unbranched alkanes of at least 4 members (excludes halogenated alkanes) is 1. The van der Waals surface area contributed by atoms with Crippen molar-refractivity contribution in [3.63, 3.8) is 0 Å². The Morgan fingerprint density at radius 3 is 2.27 bits per heavy atom. The molecule has 25 heteroatoms. The van der Waals surface area contributed by atoms with Crippen molar-refractivity contribution in [1.29, 1.82) is 0 Å². The highest BCUT2D eigenvalue weighted by Crippen LogP contribution is 2.33. The number of benzene rings is 3. The van der Waals surface area contributed by atoms with Crippen LogP contribution >= 0.6 is 11.6 Å². The van der Waals surface area contributed by atoms with Gasteiger partial charge >= 0.3 is 12.2 Å². The second kappa shape index (κ2) is 29.9. The van der Waals surface area contributed by atoms with E-state index in [2.05, 4.69) is 40.9 Å². The predicted molar refractivity (Wildman–Crippen MR) is 334 cm³/mol. The number of carbonyl (C=O) groups is 6. The number of rotatable bonds is 23. The number of alkyl carbamates (subject to hydrolysis) is 1. The number of halogens is 3. The fourth-order valence-corrected chi connectivity index (χ4v) is 13.0. The molecule has 2 aromatic heterocycles. The number of hydrogen-bond donors (Lipinski definition) is 6. The Labute approximate surface area is 524 Å². The molecule has 2 aliphatic heterocycles. The molecule has 1 aliphatic carbocycles. The number of ether oxygens (including phenoxy) is 2. The number of hydrogen-bond acceptors (Lipinski definition) is 13. The highest BCUT2D eigenvalue weighted by Gasteiger charge is 2.45. The Bertz CT molecular complexity index is 3400. The van der Waals surface area contributed by atoms with E-state index >= 15 is 0 Å².